The molecule has 1 aliphatic rings. The van der Waals surface area contributed by atoms with Crippen LogP contribution in [0, 0.1) is 0 Å². The second-order valence-electron chi connectivity index (χ2n) is 5.79. The molecule has 1 aliphatic heterocycles. The van der Waals surface area contributed by atoms with E-state index in [1.54, 1.807) is 0 Å². The third kappa shape index (κ3) is 2.82. The summed E-state index contributed by atoms with van der Waals surface area (Å²) >= 11 is 1.53. The Morgan fingerprint density at radius 3 is 2.32 bits per heavy atom. The summed E-state index contributed by atoms with van der Waals surface area (Å²) in [6.45, 7) is 10.6. The average molecular weight is 281 g/mol. The molecule has 2 atom stereocenters. The van der Waals surface area contributed by atoms with Crippen LogP contribution in [-0.4, -0.2) is 48.4 Å². The molecule has 1 fully saturated rings. The van der Waals surface area contributed by atoms with Crippen LogP contribution >= 0.6 is 11.3 Å². The Hall–Kier alpha value is -0.940. The van der Waals surface area contributed by atoms with Crippen LogP contribution in [0.2, 0.25) is 0 Å². The van der Waals surface area contributed by atoms with Gasteiger partial charge in [0.15, 0.2) is 11.4 Å². The average Bonchev–Trinajstić information content (AvgIpc) is 2.79. The molecule has 0 amide bonds. The Kier molecular flexibility index (Phi) is 4.26. The first-order chi connectivity index (χ1) is 8.93. The van der Waals surface area contributed by atoms with Gasteiger partial charge in [-0.3, -0.25) is 9.69 Å². The van der Waals surface area contributed by atoms with Gasteiger partial charge in [0.25, 0.3) is 0 Å². The smallest absolute Gasteiger partial charge is 0.186 e. The largest absolute Gasteiger partial charge is 0.345 e. The molecule has 5 heteroatoms. The second kappa shape index (κ2) is 5.59. The summed E-state index contributed by atoms with van der Waals surface area (Å²) in [5.74, 6) is 0.299. The standard InChI is InChI=1S/C14H23N3OS/c1-9(2)13-12(8-18)19-14(15-13)17-6-10(3)16(5)11(4)7-17/h8-11H,6-7H2,1-5H3. The number of hydrogen-bond acceptors (Lipinski definition) is 5. The topological polar surface area (TPSA) is 36.4 Å². The van der Waals surface area contributed by atoms with Crippen molar-refractivity contribution in [2.45, 2.75) is 45.7 Å². The van der Waals surface area contributed by atoms with Crippen molar-refractivity contribution in [3.8, 4) is 0 Å². The molecule has 4 nitrogen and oxygen atoms in total. The molecule has 0 saturated carbocycles. The third-order valence-corrected chi connectivity index (χ3v) is 5.01. The minimum Gasteiger partial charge on any atom is -0.345 e. The van der Waals surface area contributed by atoms with Gasteiger partial charge in [-0.25, -0.2) is 4.98 Å². The fraction of sp³-hybridized carbons (Fsp3) is 0.714. The van der Waals surface area contributed by atoms with Crippen LogP contribution in [0.5, 0.6) is 0 Å². The molecular weight excluding hydrogens is 258 g/mol. The first-order valence-electron chi connectivity index (χ1n) is 6.86. The van der Waals surface area contributed by atoms with Gasteiger partial charge in [0.2, 0.25) is 0 Å². The van der Waals surface area contributed by atoms with E-state index in [4.69, 9.17) is 4.98 Å². The summed E-state index contributed by atoms with van der Waals surface area (Å²) in [6, 6.07) is 1.02. The van der Waals surface area contributed by atoms with Crippen molar-refractivity contribution in [3.63, 3.8) is 0 Å². The fourth-order valence-electron chi connectivity index (χ4n) is 2.53. The SMILES string of the molecule is CC(C)c1nc(N2CC(C)N(C)C(C)C2)sc1C=O. The van der Waals surface area contributed by atoms with Gasteiger partial charge in [-0.1, -0.05) is 25.2 Å². The lowest BCUT2D eigenvalue weighted by atomic mass is 10.1. The van der Waals surface area contributed by atoms with Crippen LogP contribution in [0.25, 0.3) is 0 Å². The van der Waals surface area contributed by atoms with E-state index >= 15 is 0 Å². The summed E-state index contributed by atoms with van der Waals surface area (Å²) in [6.07, 6.45) is 0.944. The predicted molar refractivity (Wildman–Crippen MR) is 80.5 cm³/mol. The summed E-state index contributed by atoms with van der Waals surface area (Å²) in [5, 5.41) is 0.998. The number of piperazine rings is 1. The van der Waals surface area contributed by atoms with Crippen molar-refractivity contribution in [1.29, 1.82) is 0 Å². The minimum atomic E-state index is 0.299. The molecule has 0 aliphatic carbocycles. The highest BCUT2D eigenvalue weighted by Gasteiger charge is 2.29. The van der Waals surface area contributed by atoms with Crippen molar-refractivity contribution < 1.29 is 4.79 Å². The number of anilines is 1. The fourth-order valence-corrected chi connectivity index (χ4v) is 3.58. The molecule has 1 aromatic rings. The lowest BCUT2D eigenvalue weighted by Gasteiger charge is -2.42. The highest BCUT2D eigenvalue weighted by Crippen LogP contribution is 2.31. The maximum absolute atomic E-state index is 11.2. The first-order valence-corrected chi connectivity index (χ1v) is 7.68. The molecule has 19 heavy (non-hydrogen) atoms. The third-order valence-electron chi connectivity index (χ3n) is 3.95. The van der Waals surface area contributed by atoms with Gasteiger partial charge < -0.3 is 4.90 Å². The van der Waals surface area contributed by atoms with Crippen LogP contribution in [0.3, 0.4) is 0 Å². The Bertz CT molecular complexity index is 446. The van der Waals surface area contributed by atoms with Crippen LogP contribution in [0.15, 0.2) is 0 Å². The molecule has 0 aromatic carbocycles. The quantitative estimate of drug-likeness (QED) is 0.798. The van der Waals surface area contributed by atoms with E-state index in [0.717, 1.165) is 35.1 Å². The maximum Gasteiger partial charge on any atom is 0.186 e. The van der Waals surface area contributed by atoms with E-state index < -0.39 is 0 Å². The zero-order valence-corrected chi connectivity index (χ0v) is 13.2. The lowest BCUT2D eigenvalue weighted by Crippen LogP contribution is -2.55. The number of aromatic nitrogens is 1. The molecule has 0 bridgehead atoms. The number of carbonyl (C=O) groups excluding carboxylic acids is 1. The number of aldehydes is 1. The number of carbonyl (C=O) groups is 1. The predicted octanol–water partition coefficient (Wildman–Crippen LogP) is 2.61. The molecule has 1 saturated heterocycles. The Morgan fingerprint density at radius 1 is 1.32 bits per heavy atom. The Labute approximate surface area is 119 Å². The van der Waals surface area contributed by atoms with E-state index in [9.17, 15) is 4.79 Å². The van der Waals surface area contributed by atoms with Crippen molar-refractivity contribution in [2.75, 3.05) is 25.0 Å². The summed E-state index contributed by atoms with van der Waals surface area (Å²) in [4.78, 5) is 21.3. The zero-order valence-electron chi connectivity index (χ0n) is 12.4. The van der Waals surface area contributed by atoms with E-state index in [-0.39, 0.29) is 0 Å². The molecule has 0 N–H and O–H groups in total. The van der Waals surface area contributed by atoms with Crippen molar-refractivity contribution >= 4 is 22.8 Å². The highest BCUT2D eigenvalue weighted by molar-refractivity contribution is 7.17. The van der Waals surface area contributed by atoms with Gasteiger partial charge in [-0.2, -0.15) is 0 Å². The van der Waals surface area contributed by atoms with E-state index in [0.29, 0.717) is 18.0 Å². The molecule has 2 heterocycles. The molecule has 2 unspecified atom stereocenters. The Morgan fingerprint density at radius 2 is 1.89 bits per heavy atom. The van der Waals surface area contributed by atoms with Crippen LogP contribution in [0.4, 0.5) is 5.13 Å². The monoisotopic (exact) mass is 281 g/mol. The molecule has 0 radical (unpaired) electrons. The van der Waals surface area contributed by atoms with Crippen molar-refractivity contribution in [3.05, 3.63) is 10.6 Å². The van der Waals surface area contributed by atoms with Gasteiger partial charge >= 0.3 is 0 Å². The summed E-state index contributed by atoms with van der Waals surface area (Å²) in [5.41, 5.74) is 0.939. The maximum atomic E-state index is 11.2. The lowest BCUT2D eigenvalue weighted by molar-refractivity contribution is 0.112. The molecule has 1 aromatic heterocycles. The van der Waals surface area contributed by atoms with Crippen LogP contribution in [-0.2, 0) is 0 Å². The second-order valence-corrected chi connectivity index (χ2v) is 6.80. The Balaban J connectivity index is 2.25. The van der Waals surface area contributed by atoms with Gasteiger partial charge in [0, 0.05) is 25.2 Å². The molecule has 2 rings (SSSR count). The van der Waals surface area contributed by atoms with Gasteiger partial charge in [-0.15, -0.1) is 0 Å². The van der Waals surface area contributed by atoms with E-state index in [1.165, 1.54) is 11.3 Å². The van der Waals surface area contributed by atoms with Gasteiger partial charge in [-0.05, 0) is 26.8 Å². The first kappa shape index (κ1) is 14.5. The van der Waals surface area contributed by atoms with Crippen molar-refractivity contribution in [1.82, 2.24) is 9.88 Å². The summed E-state index contributed by atoms with van der Waals surface area (Å²) < 4.78 is 0. The molecule has 106 valence electrons. The molecule has 0 spiro atoms. The highest BCUT2D eigenvalue weighted by atomic mass is 32.1. The number of nitrogens with zero attached hydrogens (tertiary/aromatic N) is 3. The number of rotatable bonds is 3. The van der Waals surface area contributed by atoms with Crippen LogP contribution < -0.4 is 4.90 Å². The van der Waals surface area contributed by atoms with E-state index in [2.05, 4.69) is 44.5 Å². The van der Waals surface area contributed by atoms with Crippen LogP contribution in [0.1, 0.15) is 49.0 Å². The van der Waals surface area contributed by atoms with Crippen molar-refractivity contribution in [2.24, 2.45) is 0 Å². The van der Waals surface area contributed by atoms with Gasteiger partial charge in [0.05, 0.1) is 10.6 Å². The van der Waals surface area contributed by atoms with E-state index in [1.807, 2.05) is 0 Å². The zero-order chi connectivity index (χ0) is 14.2. The number of thiazole rings is 1. The number of likely N-dealkylation sites (N-methyl/N-ethyl adjacent to an activating group) is 1. The normalized spacial score (nSPS) is 25.1. The molecular formula is C14H23N3OS. The minimum absolute atomic E-state index is 0.299. The van der Waals surface area contributed by atoms with Gasteiger partial charge in [0.1, 0.15) is 0 Å². The summed E-state index contributed by atoms with van der Waals surface area (Å²) in [7, 11) is 2.17. The number of hydrogen-bond donors (Lipinski definition) is 0.